The van der Waals surface area contributed by atoms with Crippen LogP contribution in [0.2, 0.25) is 0 Å². The molecule has 2 N–H and O–H groups in total. The molecule has 1 aromatic carbocycles. The van der Waals surface area contributed by atoms with Crippen molar-refractivity contribution < 1.29 is 19.4 Å². The molecular formula is C17H20N2O4. The third-order valence-electron chi connectivity index (χ3n) is 3.10. The molecule has 1 heterocycles. The van der Waals surface area contributed by atoms with Gasteiger partial charge in [-0.2, -0.15) is 0 Å². The van der Waals surface area contributed by atoms with Crippen LogP contribution in [0, 0.1) is 0 Å². The number of aliphatic carboxylic acids is 1. The molecule has 0 aliphatic rings. The van der Waals surface area contributed by atoms with Crippen LogP contribution in [0.3, 0.4) is 0 Å². The van der Waals surface area contributed by atoms with E-state index in [1.807, 2.05) is 30.3 Å². The molecule has 0 unspecified atom stereocenters. The molecule has 0 radical (unpaired) electrons. The van der Waals surface area contributed by atoms with Gasteiger partial charge in [-0.1, -0.05) is 12.1 Å². The van der Waals surface area contributed by atoms with E-state index in [0.29, 0.717) is 0 Å². The first kappa shape index (κ1) is 16.7. The Hall–Kier alpha value is -2.63. The lowest BCUT2D eigenvalue weighted by Gasteiger charge is -2.22. The number of benzene rings is 1. The monoisotopic (exact) mass is 316 g/mol. The molecule has 0 aliphatic carbocycles. The number of aromatic nitrogens is 1. The number of fused-ring (bicyclic) bond motifs is 1. The number of hydrogen-bond donors (Lipinski definition) is 2. The Balaban J connectivity index is 2.11. The smallest absolute Gasteiger partial charge is 0.408 e. The van der Waals surface area contributed by atoms with Gasteiger partial charge in [0.15, 0.2) is 0 Å². The molecule has 6 heteroatoms. The molecule has 2 aromatic rings. The predicted molar refractivity (Wildman–Crippen MR) is 86.2 cm³/mol. The molecule has 0 aliphatic heterocycles. The van der Waals surface area contributed by atoms with Crippen LogP contribution in [-0.2, 0) is 16.0 Å². The minimum atomic E-state index is -1.11. The van der Waals surface area contributed by atoms with Crippen LogP contribution in [0.25, 0.3) is 10.9 Å². The first-order chi connectivity index (χ1) is 10.7. The normalized spacial score (nSPS) is 12.7. The fraction of sp³-hybridized carbons (Fsp3) is 0.353. The van der Waals surface area contributed by atoms with Gasteiger partial charge in [-0.25, -0.2) is 9.59 Å². The van der Waals surface area contributed by atoms with Gasteiger partial charge in [-0.15, -0.1) is 0 Å². The summed E-state index contributed by atoms with van der Waals surface area (Å²) < 4.78 is 5.10. The van der Waals surface area contributed by atoms with Gasteiger partial charge < -0.3 is 15.2 Å². The SMILES string of the molecule is CC(C)(C)OC(=O)N[C@H](Cc1ccc2ncccc2c1)C(=O)O. The molecule has 1 amide bonds. The molecule has 0 saturated carbocycles. The summed E-state index contributed by atoms with van der Waals surface area (Å²) >= 11 is 0. The number of carboxylic acids is 1. The summed E-state index contributed by atoms with van der Waals surface area (Å²) in [6.45, 7) is 5.16. The van der Waals surface area contributed by atoms with Gasteiger partial charge in [-0.05, 0) is 44.5 Å². The highest BCUT2D eigenvalue weighted by Crippen LogP contribution is 2.15. The molecule has 0 spiro atoms. The number of nitrogens with one attached hydrogen (secondary N) is 1. The van der Waals surface area contributed by atoms with Gasteiger partial charge in [0, 0.05) is 18.0 Å². The fourth-order valence-corrected chi connectivity index (χ4v) is 2.14. The van der Waals surface area contributed by atoms with Gasteiger partial charge in [0.05, 0.1) is 5.52 Å². The number of amides is 1. The lowest BCUT2D eigenvalue weighted by molar-refractivity contribution is -0.139. The van der Waals surface area contributed by atoms with E-state index < -0.39 is 23.7 Å². The summed E-state index contributed by atoms with van der Waals surface area (Å²) in [6.07, 6.45) is 1.12. The number of hydrogen-bond acceptors (Lipinski definition) is 4. The Kier molecular flexibility index (Phi) is 4.83. The van der Waals surface area contributed by atoms with Crippen molar-refractivity contribution >= 4 is 23.0 Å². The Morgan fingerprint density at radius 1 is 1.30 bits per heavy atom. The van der Waals surface area contributed by atoms with Crippen molar-refractivity contribution in [3.8, 4) is 0 Å². The number of alkyl carbamates (subject to hydrolysis) is 1. The highest BCUT2D eigenvalue weighted by Gasteiger charge is 2.24. The number of carboxylic acid groups (broad SMARTS) is 1. The van der Waals surface area contributed by atoms with E-state index >= 15 is 0 Å². The number of ether oxygens (including phenoxy) is 1. The highest BCUT2D eigenvalue weighted by molar-refractivity contribution is 5.82. The lowest BCUT2D eigenvalue weighted by Crippen LogP contribution is -2.44. The van der Waals surface area contributed by atoms with Crippen LogP contribution in [0.4, 0.5) is 4.79 Å². The minimum Gasteiger partial charge on any atom is -0.480 e. The maximum atomic E-state index is 11.8. The standard InChI is InChI=1S/C17H20N2O4/c1-17(2,3)23-16(22)19-14(15(20)21)10-11-6-7-13-12(9-11)5-4-8-18-13/h4-9,14H,10H2,1-3H3,(H,19,22)(H,20,21)/t14-/m1/s1. The van der Waals surface area contributed by atoms with Crippen LogP contribution in [0.15, 0.2) is 36.5 Å². The first-order valence-electron chi connectivity index (χ1n) is 7.30. The summed E-state index contributed by atoms with van der Waals surface area (Å²) in [5.41, 5.74) is 0.957. The van der Waals surface area contributed by atoms with E-state index in [1.165, 1.54) is 0 Å². The van der Waals surface area contributed by atoms with Crippen LogP contribution in [-0.4, -0.2) is 33.8 Å². The number of carbonyl (C=O) groups excluding carboxylic acids is 1. The molecule has 1 atom stereocenters. The second kappa shape index (κ2) is 6.64. The second-order valence-corrected chi connectivity index (χ2v) is 6.27. The number of nitrogens with zero attached hydrogens (tertiary/aromatic N) is 1. The molecule has 0 bridgehead atoms. The zero-order valence-corrected chi connectivity index (χ0v) is 13.4. The Labute approximate surface area is 134 Å². The second-order valence-electron chi connectivity index (χ2n) is 6.27. The van der Waals surface area contributed by atoms with Crippen molar-refractivity contribution in [2.45, 2.75) is 38.8 Å². The van der Waals surface area contributed by atoms with Gasteiger partial charge >= 0.3 is 12.1 Å². The summed E-state index contributed by atoms with van der Waals surface area (Å²) in [7, 11) is 0. The lowest BCUT2D eigenvalue weighted by atomic mass is 10.0. The van der Waals surface area contributed by atoms with Gasteiger partial charge in [-0.3, -0.25) is 4.98 Å². The average molecular weight is 316 g/mol. The van der Waals surface area contributed by atoms with Crippen LogP contribution in [0.1, 0.15) is 26.3 Å². The minimum absolute atomic E-state index is 0.166. The zero-order valence-electron chi connectivity index (χ0n) is 13.4. The molecule has 1 aromatic heterocycles. The van der Waals surface area contributed by atoms with Crippen molar-refractivity contribution in [2.75, 3.05) is 0 Å². The van der Waals surface area contributed by atoms with Crippen molar-refractivity contribution in [1.82, 2.24) is 10.3 Å². The fourth-order valence-electron chi connectivity index (χ4n) is 2.14. The Morgan fingerprint density at radius 3 is 2.70 bits per heavy atom. The van der Waals surface area contributed by atoms with E-state index in [4.69, 9.17) is 4.74 Å². The highest BCUT2D eigenvalue weighted by atomic mass is 16.6. The molecule has 2 rings (SSSR count). The van der Waals surface area contributed by atoms with E-state index in [9.17, 15) is 14.7 Å². The topological polar surface area (TPSA) is 88.5 Å². The summed E-state index contributed by atoms with van der Waals surface area (Å²) in [5.74, 6) is -1.11. The summed E-state index contributed by atoms with van der Waals surface area (Å²) in [4.78, 5) is 27.4. The average Bonchev–Trinajstić information content (AvgIpc) is 2.44. The Morgan fingerprint density at radius 2 is 2.04 bits per heavy atom. The van der Waals surface area contributed by atoms with Crippen LogP contribution < -0.4 is 5.32 Å². The van der Waals surface area contributed by atoms with E-state index in [1.54, 1.807) is 27.0 Å². The first-order valence-corrected chi connectivity index (χ1v) is 7.30. The van der Waals surface area contributed by atoms with E-state index in [0.717, 1.165) is 16.5 Å². The van der Waals surface area contributed by atoms with E-state index in [2.05, 4.69) is 10.3 Å². The van der Waals surface area contributed by atoms with Crippen molar-refractivity contribution in [2.24, 2.45) is 0 Å². The van der Waals surface area contributed by atoms with Crippen molar-refractivity contribution in [1.29, 1.82) is 0 Å². The predicted octanol–water partition coefficient (Wildman–Crippen LogP) is 2.76. The molecular weight excluding hydrogens is 296 g/mol. The van der Waals surface area contributed by atoms with E-state index in [-0.39, 0.29) is 6.42 Å². The third kappa shape index (κ3) is 4.95. The maximum absolute atomic E-state index is 11.8. The zero-order chi connectivity index (χ0) is 17.0. The largest absolute Gasteiger partial charge is 0.480 e. The van der Waals surface area contributed by atoms with Gasteiger partial charge in [0.1, 0.15) is 11.6 Å². The number of carbonyl (C=O) groups is 2. The van der Waals surface area contributed by atoms with Crippen LogP contribution >= 0.6 is 0 Å². The summed E-state index contributed by atoms with van der Waals surface area (Å²) in [5, 5.41) is 12.6. The van der Waals surface area contributed by atoms with Crippen LogP contribution in [0.5, 0.6) is 0 Å². The third-order valence-corrected chi connectivity index (χ3v) is 3.10. The quantitative estimate of drug-likeness (QED) is 0.905. The number of rotatable bonds is 4. The van der Waals surface area contributed by atoms with Gasteiger partial charge in [0.25, 0.3) is 0 Å². The molecule has 0 saturated heterocycles. The van der Waals surface area contributed by atoms with Gasteiger partial charge in [0.2, 0.25) is 0 Å². The summed E-state index contributed by atoms with van der Waals surface area (Å²) in [6, 6.07) is 8.18. The van der Waals surface area contributed by atoms with Crippen molar-refractivity contribution in [3.05, 3.63) is 42.1 Å². The molecule has 23 heavy (non-hydrogen) atoms. The molecule has 122 valence electrons. The molecule has 6 nitrogen and oxygen atoms in total. The molecule has 0 fully saturated rings. The maximum Gasteiger partial charge on any atom is 0.408 e. The van der Waals surface area contributed by atoms with Crippen molar-refractivity contribution in [3.63, 3.8) is 0 Å². The Bertz CT molecular complexity index is 722. The number of pyridine rings is 1.